The number of rotatable bonds is 2. The number of carbonyl (C=O) groups is 2. The van der Waals surface area contributed by atoms with Crippen LogP contribution in [0.5, 0.6) is 0 Å². The van der Waals surface area contributed by atoms with Gasteiger partial charge >= 0.3 is 32.7 Å². The average molecular weight is 354 g/mol. The van der Waals surface area contributed by atoms with E-state index in [2.05, 4.69) is 17.7 Å². The third-order valence-corrected chi connectivity index (χ3v) is 3.54. The van der Waals surface area contributed by atoms with Gasteiger partial charge < -0.3 is 10.6 Å². The van der Waals surface area contributed by atoms with E-state index in [1.54, 1.807) is 43.4 Å². The molecule has 0 radical (unpaired) electrons. The molecule has 0 saturated carbocycles. The molecule has 100 valence electrons. The van der Waals surface area contributed by atoms with Crippen molar-refractivity contribution < 1.29 is 42.3 Å². The van der Waals surface area contributed by atoms with Crippen molar-refractivity contribution in [1.29, 1.82) is 0 Å². The molecule has 0 bridgehead atoms. The van der Waals surface area contributed by atoms with Gasteiger partial charge in [-0.1, -0.05) is 24.3 Å². The van der Waals surface area contributed by atoms with E-state index in [0.717, 1.165) is 0 Å². The summed E-state index contributed by atoms with van der Waals surface area (Å²) in [5.74, 6) is -0.296. The Hall–Kier alpha value is -1.52. The van der Waals surface area contributed by atoms with Crippen molar-refractivity contribution in [2.45, 2.75) is 0 Å². The van der Waals surface area contributed by atoms with E-state index in [0.29, 0.717) is 33.6 Å². The van der Waals surface area contributed by atoms with Crippen molar-refractivity contribution >= 4 is 22.9 Å². The van der Waals surface area contributed by atoms with Crippen LogP contribution in [0, 0.1) is 7.05 Å². The third kappa shape index (κ3) is 2.32. The van der Waals surface area contributed by atoms with Gasteiger partial charge in [0.05, 0.1) is 11.1 Å². The molecule has 0 unspecified atom stereocenters. The summed E-state index contributed by atoms with van der Waals surface area (Å²) in [6.07, 6.45) is 0. The summed E-state index contributed by atoms with van der Waals surface area (Å²) in [5, 5.41) is 5.70. The molecular weight excluding hydrogens is 341 g/mol. The van der Waals surface area contributed by atoms with Gasteiger partial charge in [-0.05, 0) is 12.1 Å². The number of hydrogen-bond acceptors (Lipinski definition) is 4. The molecule has 0 spiro atoms. The Labute approximate surface area is 148 Å². The Morgan fingerprint density at radius 3 is 1.81 bits per heavy atom. The molecule has 0 heterocycles. The minimum atomic E-state index is -0.154. The van der Waals surface area contributed by atoms with Crippen LogP contribution >= 0.6 is 0 Å². The molecule has 2 aromatic carbocycles. The molecule has 0 amide bonds. The molecule has 1 aliphatic carbocycles. The molecule has 5 heteroatoms. The number of anilines is 2. The zero-order valence-corrected chi connectivity index (χ0v) is 14.4. The summed E-state index contributed by atoms with van der Waals surface area (Å²) in [5.41, 5.74) is 2.89. The Kier molecular flexibility index (Phi) is 4.59. The number of benzene rings is 2. The maximum absolute atomic E-state index is 12.7. The number of ketones is 2. The summed E-state index contributed by atoms with van der Waals surface area (Å²) >= 11 is 0. The predicted molar refractivity (Wildman–Crippen MR) is 78.3 cm³/mol. The van der Waals surface area contributed by atoms with Crippen molar-refractivity contribution in [3.05, 3.63) is 65.7 Å². The summed E-state index contributed by atoms with van der Waals surface area (Å²) in [4.78, 5) is 25.3. The molecule has 0 fully saturated rings. The van der Waals surface area contributed by atoms with Crippen LogP contribution in [0.3, 0.4) is 0 Å². The van der Waals surface area contributed by atoms with Crippen LogP contribution < -0.4 is 10.6 Å². The Morgan fingerprint density at radius 2 is 1.33 bits per heavy atom. The van der Waals surface area contributed by atoms with E-state index < -0.39 is 0 Å². The first kappa shape index (κ1) is 15.9. The second-order valence-electron chi connectivity index (χ2n) is 4.54. The number of carbonyl (C=O) groups excluding carboxylic acids is 2. The maximum Gasteiger partial charge on any atom is 3.00 e. The van der Waals surface area contributed by atoms with E-state index in [4.69, 9.17) is 0 Å². The van der Waals surface area contributed by atoms with Gasteiger partial charge in [-0.3, -0.25) is 16.6 Å². The molecule has 0 aromatic heterocycles. The van der Waals surface area contributed by atoms with Gasteiger partial charge in [0.2, 0.25) is 0 Å². The van der Waals surface area contributed by atoms with Crippen molar-refractivity contribution in [3.63, 3.8) is 0 Å². The van der Waals surface area contributed by atoms with Crippen molar-refractivity contribution in [2.75, 3.05) is 17.7 Å². The average Bonchev–Trinajstić information content (AvgIpc) is 2.51. The fourth-order valence-electron chi connectivity index (χ4n) is 2.58. The fraction of sp³-hybridized carbons (Fsp3) is 0.0625. The number of hydrogen-bond donors (Lipinski definition) is 2. The van der Waals surface area contributed by atoms with E-state index in [1.165, 1.54) is 0 Å². The van der Waals surface area contributed by atoms with E-state index >= 15 is 0 Å². The second-order valence-corrected chi connectivity index (χ2v) is 4.54. The minimum Gasteiger partial charge on any atom is -0.537 e. The molecule has 0 atom stereocenters. The van der Waals surface area contributed by atoms with Crippen LogP contribution in [0.4, 0.5) is 11.4 Å². The Bertz CT molecular complexity index is 679. The van der Waals surface area contributed by atoms with Crippen LogP contribution in [0.15, 0.2) is 36.4 Å². The van der Waals surface area contributed by atoms with Gasteiger partial charge in [0.1, 0.15) is 0 Å². The molecule has 1 aliphatic rings. The first-order valence-electron chi connectivity index (χ1n) is 6.25. The molecular formula is C16H13N2O2Y+2. The Balaban J connectivity index is 0.00000161. The van der Waals surface area contributed by atoms with E-state index in [1.807, 2.05) is 0 Å². The molecule has 21 heavy (non-hydrogen) atoms. The zero-order chi connectivity index (χ0) is 14.3. The van der Waals surface area contributed by atoms with Gasteiger partial charge in [0, 0.05) is 29.5 Å². The predicted octanol–water partition coefficient (Wildman–Crippen LogP) is 2.70. The van der Waals surface area contributed by atoms with Crippen LogP contribution in [0.1, 0.15) is 31.8 Å². The molecule has 2 aromatic rings. The van der Waals surface area contributed by atoms with E-state index in [-0.39, 0.29) is 44.3 Å². The van der Waals surface area contributed by atoms with E-state index in [9.17, 15) is 9.59 Å². The molecule has 0 saturated heterocycles. The monoisotopic (exact) mass is 354 g/mol. The summed E-state index contributed by atoms with van der Waals surface area (Å²) in [7, 11) is 5.33. The van der Waals surface area contributed by atoms with Crippen LogP contribution in [0.25, 0.3) is 0 Å². The van der Waals surface area contributed by atoms with Gasteiger partial charge in [0.25, 0.3) is 0 Å². The summed E-state index contributed by atoms with van der Waals surface area (Å²) < 4.78 is 0. The van der Waals surface area contributed by atoms with Gasteiger partial charge in [-0.25, -0.2) is 0 Å². The molecule has 0 aliphatic heterocycles. The second kappa shape index (κ2) is 6.08. The summed E-state index contributed by atoms with van der Waals surface area (Å²) in [6.45, 7) is 0. The van der Waals surface area contributed by atoms with Gasteiger partial charge in [-0.2, -0.15) is 0 Å². The fourth-order valence-corrected chi connectivity index (χ4v) is 2.58. The van der Waals surface area contributed by atoms with Gasteiger partial charge in [-0.15, -0.1) is 0 Å². The number of fused-ring (bicyclic) bond motifs is 2. The molecule has 2 N–H and O–H groups in total. The topological polar surface area (TPSA) is 58.2 Å². The van der Waals surface area contributed by atoms with Crippen LogP contribution in [0.2, 0.25) is 0 Å². The standard InChI is InChI=1S/C16H13N2O2.Y/c1-17-11-7-8-12(18-2)14-13(11)15(19)9-5-3-4-6-10(9)16(14)20;/h3-8,17-18H,1H2,2H3;/q-1;+3. The smallest absolute Gasteiger partial charge is 0.537 e. The minimum absolute atomic E-state index is 0. The Morgan fingerprint density at radius 1 is 0.857 bits per heavy atom. The van der Waals surface area contributed by atoms with Gasteiger partial charge in [0.15, 0.2) is 11.6 Å². The summed E-state index contributed by atoms with van der Waals surface area (Å²) in [6, 6.07) is 10.4. The van der Waals surface area contributed by atoms with Crippen molar-refractivity contribution in [1.82, 2.24) is 0 Å². The SMILES string of the molecule is [CH2-]Nc1ccc(NC)c2c1C(=O)c1ccccc1C2=O.[Y+3]. The molecule has 3 rings (SSSR count). The zero-order valence-electron chi connectivity index (χ0n) is 11.6. The maximum atomic E-state index is 12.7. The first-order chi connectivity index (χ1) is 9.69. The normalized spacial score (nSPS) is 12.1. The number of nitrogens with one attached hydrogen (secondary N) is 2. The van der Waals surface area contributed by atoms with Crippen LogP contribution in [-0.4, -0.2) is 18.6 Å². The first-order valence-corrected chi connectivity index (χ1v) is 6.25. The van der Waals surface area contributed by atoms with Crippen molar-refractivity contribution in [3.8, 4) is 0 Å². The molecule has 4 nitrogen and oxygen atoms in total. The van der Waals surface area contributed by atoms with Crippen molar-refractivity contribution in [2.24, 2.45) is 0 Å². The largest absolute Gasteiger partial charge is 3.00 e. The quantitative estimate of drug-likeness (QED) is 0.695. The third-order valence-electron chi connectivity index (χ3n) is 3.54. The van der Waals surface area contributed by atoms with Crippen LogP contribution in [-0.2, 0) is 32.7 Å².